The number of nitrogens with one attached hydrogen (secondary N) is 1. The zero-order valence-electron chi connectivity index (χ0n) is 10.4. The van der Waals surface area contributed by atoms with Gasteiger partial charge in [0, 0.05) is 12.1 Å². The van der Waals surface area contributed by atoms with Gasteiger partial charge in [0.15, 0.2) is 12.4 Å². The van der Waals surface area contributed by atoms with E-state index in [1.165, 1.54) is 19.8 Å². The Morgan fingerprint density at radius 3 is 2.83 bits per heavy atom. The Bertz CT molecular complexity index is 452. The first-order valence-corrected chi connectivity index (χ1v) is 6.15. The highest BCUT2D eigenvalue weighted by molar-refractivity contribution is 5.94. The van der Waals surface area contributed by atoms with Crippen LogP contribution in [-0.4, -0.2) is 24.8 Å². The highest BCUT2D eigenvalue weighted by Crippen LogP contribution is 2.27. The van der Waals surface area contributed by atoms with Crippen molar-refractivity contribution in [1.82, 2.24) is 5.32 Å². The third-order valence-corrected chi connectivity index (χ3v) is 2.90. The van der Waals surface area contributed by atoms with E-state index in [9.17, 15) is 9.59 Å². The van der Waals surface area contributed by atoms with E-state index < -0.39 is 0 Å². The average Bonchev–Trinajstić information content (AvgIpc) is 3.18. The van der Waals surface area contributed by atoms with E-state index in [2.05, 4.69) is 5.32 Å². The van der Waals surface area contributed by atoms with Crippen LogP contribution in [0.4, 0.5) is 0 Å². The summed E-state index contributed by atoms with van der Waals surface area (Å²) < 4.78 is 5.35. The molecule has 0 heterocycles. The van der Waals surface area contributed by atoms with E-state index in [-0.39, 0.29) is 18.3 Å². The van der Waals surface area contributed by atoms with Crippen LogP contribution >= 0.6 is 0 Å². The SMILES string of the molecule is CC(=O)c1cccc(OCC(=O)NCC2CC2)c1. The van der Waals surface area contributed by atoms with Gasteiger partial charge in [0.2, 0.25) is 0 Å². The predicted molar refractivity (Wildman–Crippen MR) is 67.7 cm³/mol. The van der Waals surface area contributed by atoms with Crippen LogP contribution in [0.25, 0.3) is 0 Å². The standard InChI is InChI=1S/C14H17NO3/c1-10(16)12-3-2-4-13(7-12)18-9-14(17)15-8-11-5-6-11/h2-4,7,11H,5-6,8-9H2,1H3,(H,15,17). The van der Waals surface area contributed by atoms with E-state index in [0.29, 0.717) is 17.2 Å². The first-order valence-electron chi connectivity index (χ1n) is 6.15. The maximum Gasteiger partial charge on any atom is 0.257 e. The molecule has 2 rings (SSSR count). The molecule has 0 radical (unpaired) electrons. The van der Waals surface area contributed by atoms with Gasteiger partial charge in [-0.2, -0.15) is 0 Å². The number of rotatable bonds is 6. The molecule has 0 spiro atoms. The molecular weight excluding hydrogens is 230 g/mol. The fourth-order valence-corrected chi connectivity index (χ4v) is 1.58. The van der Waals surface area contributed by atoms with Crippen LogP contribution in [0.2, 0.25) is 0 Å². The number of amides is 1. The van der Waals surface area contributed by atoms with Crippen LogP contribution < -0.4 is 10.1 Å². The summed E-state index contributed by atoms with van der Waals surface area (Å²) in [5, 5.41) is 2.82. The molecule has 1 aromatic rings. The smallest absolute Gasteiger partial charge is 0.257 e. The average molecular weight is 247 g/mol. The second kappa shape index (κ2) is 5.67. The summed E-state index contributed by atoms with van der Waals surface area (Å²) >= 11 is 0. The Hall–Kier alpha value is -1.84. The van der Waals surface area contributed by atoms with Gasteiger partial charge in [-0.05, 0) is 37.8 Å². The summed E-state index contributed by atoms with van der Waals surface area (Å²) in [6.07, 6.45) is 2.42. The molecule has 18 heavy (non-hydrogen) atoms. The number of carbonyl (C=O) groups is 2. The molecule has 0 unspecified atom stereocenters. The molecule has 0 atom stereocenters. The quantitative estimate of drug-likeness (QED) is 0.780. The third-order valence-electron chi connectivity index (χ3n) is 2.90. The summed E-state index contributed by atoms with van der Waals surface area (Å²) in [7, 11) is 0. The highest BCUT2D eigenvalue weighted by atomic mass is 16.5. The van der Waals surface area contributed by atoms with E-state index in [1.54, 1.807) is 24.3 Å². The van der Waals surface area contributed by atoms with Gasteiger partial charge in [-0.1, -0.05) is 12.1 Å². The van der Waals surface area contributed by atoms with Crippen LogP contribution in [-0.2, 0) is 4.79 Å². The number of ketones is 1. The minimum absolute atomic E-state index is 0.00587. The molecule has 1 aromatic carbocycles. The Morgan fingerprint density at radius 1 is 1.39 bits per heavy atom. The summed E-state index contributed by atoms with van der Waals surface area (Å²) in [6.45, 7) is 2.24. The van der Waals surface area contributed by atoms with Crippen molar-refractivity contribution in [3.8, 4) is 5.75 Å². The molecular formula is C14H17NO3. The molecule has 4 nitrogen and oxygen atoms in total. The van der Waals surface area contributed by atoms with Crippen LogP contribution in [0.1, 0.15) is 30.1 Å². The molecule has 96 valence electrons. The molecule has 4 heteroatoms. The van der Waals surface area contributed by atoms with Gasteiger partial charge in [0.05, 0.1) is 0 Å². The Balaban J connectivity index is 1.79. The van der Waals surface area contributed by atoms with Crippen LogP contribution in [0.3, 0.4) is 0 Å². The highest BCUT2D eigenvalue weighted by Gasteiger charge is 2.21. The molecule has 0 aromatic heterocycles. The van der Waals surface area contributed by atoms with E-state index >= 15 is 0 Å². The number of benzene rings is 1. The van der Waals surface area contributed by atoms with Crippen molar-refractivity contribution in [3.63, 3.8) is 0 Å². The van der Waals surface area contributed by atoms with Gasteiger partial charge >= 0.3 is 0 Å². The van der Waals surface area contributed by atoms with Crippen LogP contribution in [0.5, 0.6) is 5.75 Å². The molecule has 0 saturated heterocycles. The number of hydrogen-bond donors (Lipinski definition) is 1. The van der Waals surface area contributed by atoms with Crippen molar-refractivity contribution >= 4 is 11.7 Å². The lowest BCUT2D eigenvalue weighted by Crippen LogP contribution is -2.30. The first kappa shape index (κ1) is 12.6. The zero-order chi connectivity index (χ0) is 13.0. The molecule has 0 bridgehead atoms. The normalized spacial score (nSPS) is 14.1. The van der Waals surface area contributed by atoms with E-state index in [1.807, 2.05) is 0 Å². The van der Waals surface area contributed by atoms with Gasteiger partial charge in [-0.25, -0.2) is 0 Å². The van der Waals surface area contributed by atoms with E-state index in [4.69, 9.17) is 4.74 Å². The van der Waals surface area contributed by atoms with Crippen molar-refractivity contribution in [2.45, 2.75) is 19.8 Å². The summed E-state index contributed by atoms with van der Waals surface area (Å²) in [5.74, 6) is 1.08. The summed E-state index contributed by atoms with van der Waals surface area (Å²) in [4.78, 5) is 22.6. The van der Waals surface area contributed by atoms with Gasteiger partial charge in [-0.3, -0.25) is 9.59 Å². The fourth-order valence-electron chi connectivity index (χ4n) is 1.58. The number of ether oxygens (including phenoxy) is 1. The second-order valence-corrected chi connectivity index (χ2v) is 4.62. The molecule has 1 aliphatic carbocycles. The Morgan fingerprint density at radius 2 is 2.17 bits per heavy atom. The lowest BCUT2D eigenvalue weighted by atomic mass is 10.1. The maximum atomic E-state index is 11.5. The zero-order valence-corrected chi connectivity index (χ0v) is 10.4. The van der Waals surface area contributed by atoms with Crippen molar-refractivity contribution in [2.75, 3.05) is 13.2 Å². The van der Waals surface area contributed by atoms with E-state index in [0.717, 1.165) is 6.54 Å². The third kappa shape index (κ3) is 3.87. The topological polar surface area (TPSA) is 55.4 Å². The largest absolute Gasteiger partial charge is 0.484 e. The van der Waals surface area contributed by atoms with Crippen molar-refractivity contribution in [3.05, 3.63) is 29.8 Å². The van der Waals surface area contributed by atoms with Gasteiger partial charge in [0.1, 0.15) is 5.75 Å². The van der Waals surface area contributed by atoms with Crippen molar-refractivity contribution in [1.29, 1.82) is 0 Å². The minimum atomic E-state index is -0.116. The number of hydrogen-bond acceptors (Lipinski definition) is 3. The monoisotopic (exact) mass is 247 g/mol. The van der Waals surface area contributed by atoms with Gasteiger partial charge < -0.3 is 10.1 Å². The number of Topliss-reactive ketones (excluding diaryl/α,β-unsaturated/α-hetero) is 1. The minimum Gasteiger partial charge on any atom is -0.484 e. The summed E-state index contributed by atoms with van der Waals surface area (Å²) in [6, 6.07) is 6.85. The molecule has 1 saturated carbocycles. The Kier molecular flexibility index (Phi) is 3.97. The van der Waals surface area contributed by atoms with Gasteiger partial charge in [-0.15, -0.1) is 0 Å². The Labute approximate surface area is 106 Å². The van der Waals surface area contributed by atoms with Crippen LogP contribution in [0, 0.1) is 5.92 Å². The number of carbonyl (C=O) groups excluding carboxylic acids is 2. The fraction of sp³-hybridized carbons (Fsp3) is 0.429. The maximum absolute atomic E-state index is 11.5. The van der Waals surface area contributed by atoms with Crippen molar-refractivity contribution in [2.24, 2.45) is 5.92 Å². The van der Waals surface area contributed by atoms with Crippen LogP contribution in [0.15, 0.2) is 24.3 Å². The molecule has 1 amide bonds. The predicted octanol–water partition coefficient (Wildman–Crippen LogP) is 1.79. The lowest BCUT2D eigenvalue weighted by Gasteiger charge is -2.07. The summed E-state index contributed by atoms with van der Waals surface area (Å²) in [5.41, 5.74) is 0.589. The molecule has 1 N–H and O–H groups in total. The lowest BCUT2D eigenvalue weighted by molar-refractivity contribution is -0.123. The second-order valence-electron chi connectivity index (χ2n) is 4.62. The molecule has 0 aliphatic heterocycles. The first-order chi connectivity index (χ1) is 8.65. The molecule has 1 fully saturated rings. The van der Waals surface area contributed by atoms with Crippen molar-refractivity contribution < 1.29 is 14.3 Å². The van der Waals surface area contributed by atoms with Gasteiger partial charge in [0.25, 0.3) is 5.91 Å². The molecule has 1 aliphatic rings.